The van der Waals surface area contributed by atoms with Gasteiger partial charge in [-0.1, -0.05) is 15.9 Å². The topological polar surface area (TPSA) is 75.6 Å². The highest BCUT2D eigenvalue weighted by Crippen LogP contribution is 2.51. The van der Waals surface area contributed by atoms with Gasteiger partial charge in [-0.25, -0.2) is 17.5 Å². The molecule has 1 aromatic rings. The largest absolute Gasteiger partial charge is 0.393 e. The van der Waals surface area contributed by atoms with E-state index in [0.717, 1.165) is 6.07 Å². The van der Waals surface area contributed by atoms with Crippen LogP contribution in [0.15, 0.2) is 21.5 Å². The lowest BCUT2D eigenvalue weighted by Crippen LogP contribution is -2.60. The minimum Gasteiger partial charge on any atom is -0.393 e. The number of fused-ring (bicyclic) bond motifs is 1. The van der Waals surface area contributed by atoms with Crippen molar-refractivity contribution < 1.29 is 22.7 Å². The van der Waals surface area contributed by atoms with Crippen LogP contribution in [0.1, 0.15) is 18.4 Å². The van der Waals surface area contributed by atoms with Crippen molar-refractivity contribution in [3.8, 4) is 0 Å². The van der Waals surface area contributed by atoms with E-state index >= 15 is 0 Å². The van der Waals surface area contributed by atoms with Crippen LogP contribution in [0.4, 0.5) is 4.39 Å². The normalized spacial score (nSPS) is 31.2. The number of sulfonamides is 1. The van der Waals surface area contributed by atoms with Gasteiger partial charge in [0.25, 0.3) is 0 Å². The van der Waals surface area contributed by atoms with E-state index in [2.05, 4.69) is 20.7 Å². The number of benzene rings is 1. The van der Waals surface area contributed by atoms with Gasteiger partial charge in [0.1, 0.15) is 5.82 Å². The Kier molecular flexibility index (Phi) is 3.46. The van der Waals surface area contributed by atoms with Crippen LogP contribution in [0.5, 0.6) is 0 Å². The summed E-state index contributed by atoms with van der Waals surface area (Å²) < 4.78 is 47.0. The number of ether oxygens (including phenoxy) is 1. The molecule has 3 aliphatic rings. The van der Waals surface area contributed by atoms with Gasteiger partial charge in [-0.3, -0.25) is 0 Å². The van der Waals surface area contributed by atoms with Gasteiger partial charge in [0.2, 0.25) is 10.0 Å². The van der Waals surface area contributed by atoms with E-state index in [1.54, 1.807) is 6.92 Å². The van der Waals surface area contributed by atoms with Crippen molar-refractivity contribution in [2.24, 2.45) is 0 Å². The maximum absolute atomic E-state index is 13.7. The fourth-order valence-corrected chi connectivity index (χ4v) is 5.07. The monoisotopic (exact) mass is 379 g/mol. The number of aliphatic hydroxyl groups is 1. The van der Waals surface area contributed by atoms with Gasteiger partial charge < -0.3 is 9.84 Å². The lowest BCUT2D eigenvalue weighted by molar-refractivity contribution is -0.0482. The number of hydrogen-bond acceptors (Lipinski definition) is 4. The first-order valence-corrected chi connectivity index (χ1v) is 8.73. The summed E-state index contributed by atoms with van der Waals surface area (Å²) in [6.45, 7) is 1.66. The zero-order valence-electron chi connectivity index (χ0n) is 11.3. The number of halogens is 2. The molecule has 2 bridgehead atoms. The second-order valence-electron chi connectivity index (χ2n) is 5.88. The van der Waals surface area contributed by atoms with Gasteiger partial charge in [0.05, 0.1) is 29.2 Å². The van der Waals surface area contributed by atoms with Crippen LogP contribution < -0.4 is 4.72 Å². The van der Waals surface area contributed by atoms with Crippen LogP contribution in [-0.2, 0) is 14.8 Å². The molecular formula is C13H15BrFNO4S. The lowest BCUT2D eigenvalue weighted by atomic mass is 9.69. The first-order valence-electron chi connectivity index (χ1n) is 6.45. The molecule has 2 aliphatic heterocycles. The molecule has 0 unspecified atom stereocenters. The molecule has 1 aromatic carbocycles. The molecule has 2 N–H and O–H groups in total. The number of hydrogen-bond donors (Lipinski definition) is 2. The molecule has 116 valence electrons. The Morgan fingerprint density at radius 2 is 2.14 bits per heavy atom. The number of rotatable bonds is 4. The van der Waals surface area contributed by atoms with Crippen LogP contribution in [-0.4, -0.2) is 37.9 Å². The van der Waals surface area contributed by atoms with Crippen molar-refractivity contribution in [1.29, 1.82) is 0 Å². The van der Waals surface area contributed by atoms with E-state index in [1.165, 1.54) is 6.07 Å². The third-order valence-electron chi connectivity index (χ3n) is 4.18. The SMILES string of the molecule is Cc1c(F)cc(S(=O)(=O)NC23COC(CO)(C2)C3)cc1Br. The average Bonchev–Trinajstić information content (AvgIpc) is 2.89. The van der Waals surface area contributed by atoms with Gasteiger partial charge in [-0.05, 0) is 24.6 Å². The Morgan fingerprint density at radius 1 is 1.48 bits per heavy atom. The first-order chi connectivity index (χ1) is 9.71. The number of aliphatic hydroxyl groups excluding tert-OH is 1. The predicted octanol–water partition coefficient (Wildman–Crippen LogP) is 1.47. The minimum atomic E-state index is -3.84. The maximum atomic E-state index is 13.7. The van der Waals surface area contributed by atoms with Gasteiger partial charge in [-0.15, -0.1) is 0 Å². The van der Waals surface area contributed by atoms with Crippen molar-refractivity contribution in [3.05, 3.63) is 28.0 Å². The Hall–Kier alpha value is -0.540. The Bertz CT molecular complexity index is 677. The number of nitrogens with one attached hydrogen (secondary N) is 1. The molecule has 0 aromatic heterocycles. The average molecular weight is 380 g/mol. The zero-order chi connectivity index (χ0) is 15.5. The smallest absolute Gasteiger partial charge is 0.241 e. The van der Waals surface area contributed by atoms with Gasteiger partial charge in [-0.2, -0.15) is 0 Å². The highest BCUT2D eigenvalue weighted by molar-refractivity contribution is 9.10. The summed E-state index contributed by atoms with van der Waals surface area (Å²) in [5.41, 5.74) is -0.934. The molecule has 3 fully saturated rings. The van der Waals surface area contributed by atoms with Gasteiger partial charge in [0, 0.05) is 17.3 Å². The summed E-state index contributed by atoms with van der Waals surface area (Å²) in [7, 11) is -3.84. The highest BCUT2D eigenvalue weighted by Gasteiger charge is 2.63. The molecule has 5 nitrogen and oxygen atoms in total. The molecule has 0 spiro atoms. The summed E-state index contributed by atoms with van der Waals surface area (Å²) in [6, 6.07) is 2.39. The van der Waals surface area contributed by atoms with Crippen molar-refractivity contribution in [1.82, 2.24) is 4.72 Å². The van der Waals surface area contributed by atoms with Crippen LogP contribution in [0, 0.1) is 12.7 Å². The molecule has 1 saturated carbocycles. The Labute approximate surface area is 130 Å². The molecule has 2 heterocycles. The van der Waals surface area contributed by atoms with Crippen molar-refractivity contribution >= 4 is 26.0 Å². The minimum absolute atomic E-state index is 0.124. The van der Waals surface area contributed by atoms with Crippen LogP contribution >= 0.6 is 15.9 Å². The zero-order valence-corrected chi connectivity index (χ0v) is 13.7. The van der Waals surface area contributed by atoms with Crippen molar-refractivity contribution in [2.75, 3.05) is 13.2 Å². The summed E-state index contributed by atoms with van der Waals surface area (Å²) in [4.78, 5) is -0.125. The second kappa shape index (κ2) is 4.73. The molecule has 0 amide bonds. The van der Waals surface area contributed by atoms with Crippen LogP contribution in [0.25, 0.3) is 0 Å². The maximum Gasteiger partial charge on any atom is 0.241 e. The quantitative estimate of drug-likeness (QED) is 0.830. The Balaban J connectivity index is 1.86. The van der Waals surface area contributed by atoms with E-state index in [0.29, 0.717) is 22.9 Å². The first kappa shape index (κ1) is 15.4. The molecular weight excluding hydrogens is 365 g/mol. The van der Waals surface area contributed by atoms with Crippen LogP contribution in [0.3, 0.4) is 0 Å². The third kappa shape index (κ3) is 2.43. The molecule has 0 atom stereocenters. The standard InChI is InChI=1S/C13H15BrFNO4S/c1-8-10(14)2-9(3-11(8)15)21(18,19)16-12-4-13(5-12,6-17)20-7-12/h2-3,16-17H,4-7H2,1H3. The molecule has 4 rings (SSSR count). The third-order valence-corrected chi connectivity index (χ3v) is 6.56. The summed E-state index contributed by atoms with van der Waals surface area (Å²) >= 11 is 3.16. The summed E-state index contributed by atoms with van der Waals surface area (Å²) in [6.07, 6.45) is 0.872. The molecule has 2 saturated heterocycles. The highest BCUT2D eigenvalue weighted by atomic mass is 79.9. The van der Waals surface area contributed by atoms with E-state index < -0.39 is 27.0 Å². The van der Waals surface area contributed by atoms with Crippen LogP contribution in [0.2, 0.25) is 0 Å². The second-order valence-corrected chi connectivity index (χ2v) is 8.42. The van der Waals surface area contributed by atoms with E-state index in [9.17, 15) is 17.9 Å². The predicted molar refractivity (Wildman–Crippen MR) is 76.9 cm³/mol. The van der Waals surface area contributed by atoms with Gasteiger partial charge >= 0.3 is 0 Å². The van der Waals surface area contributed by atoms with Gasteiger partial charge in [0.15, 0.2) is 0 Å². The lowest BCUT2D eigenvalue weighted by Gasteiger charge is -2.43. The van der Waals surface area contributed by atoms with E-state index in [4.69, 9.17) is 4.74 Å². The fraction of sp³-hybridized carbons (Fsp3) is 0.538. The molecule has 8 heteroatoms. The van der Waals surface area contributed by atoms with Crippen molar-refractivity contribution in [2.45, 2.75) is 35.8 Å². The Morgan fingerprint density at radius 3 is 2.67 bits per heavy atom. The molecule has 1 aliphatic carbocycles. The van der Waals surface area contributed by atoms with E-state index in [-0.39, 0.29) is 18.1 Å². The molecule has 21 heavy (non-hydrogen) atoms. The van der Waals surface area contributed by atoms with E-state index in [1.807, 2.05) is 0 Å². The summed E-state index contributed by atoms with van der Waals surface area (Å²) in [5.74, 6) is -0.580. The fourth-order valence-electron chi connectivity index (χ4n) is 3.06. The van der Waals surface area contributed by atoms with Crippen molar-refractivity contribution in [3.63, 3.8) is 0 Å². The molecule has 0 radical (unpaired) electrons. The summed E-state index contributed by atoms with van der Waals surface area (Å²) in [5, 5.41) is 9.24.